The highest BCUT2D eigenvalue weighted by atomic mass is 16.2. The summed E-state index contributed by atoms with van der Waals surface area (Å²) in [4.78, 5) is 22.9. The second-order valence-electron chi connectivity index (χ2n) is 5.46. The number of carbonyl (C=O) groups excluding carboxylic acids is 1. The summed E-state index contributed by atoms with van der Waals surface area (Å²) in [6, 6.07) is 1.84. The molecule has 1 fully saturated rings. The second kappa shape index (κ2) is 8.60. The molecule has 1 N–H and O–H groups in total. The molecule has 2 heterocycles. The smallest absolute Gasteiger partial charge is 0.245 e. The van der Waals surface area contributed by atoms with Crippen LogP contribution in [-0.4, -0.2) is 39.4 Å². The zero-order chi connectivity index (χ0) is 15.8. The number of aromatic nitrogens is 2. The molecule has 1 aromatic heterocycles. The topological polar surface area (TPSA) is 58.1 Å². The minimum absolute atomic E-state index is 0. The van der Waals surface area contributed by atoms with E-state index in [4.69, 9.17) is 0 Å². The Labute approximate surface area is 129 Å². The van der Waals surface area contributed by atoms with Gasteiger partial charge in [0.15, 0.2) is 0 Å². The Hall–Kier alpha value is -1.65. The van der Waals surface area contributed by atoms with Crippen molar-refractivity contribution in [1.29, 1.82) is 0 Å². The van der Waals surface area contributed by atoms with Crippen LogP contribution in [-0.2, 0) is 4.79 Å². The molecule has 1 saturated heterocycles. The van der Waals surface area contributed by atoms with Crippen LogP contribution < -0.4 is 5.32 Å². The van der Waals surface area contributed by atoms with Crippen LogP contribution in [0.4, 0.5) is 5.95 Å². The number of rotatable bonds is 4. The monoisotopic (exact) mass is 294 g/mol. The fourth-order valence-corrected chi connectivity index (χ4v) is 2.47. The Balaban J connectivity index is 0.00000141. The SMILES string of the molecule is CC.CC(C)C(Nc1ncccn1)C(=O)N1CCCC1C.[HH]. The maximum absolute atomic E-state index is 12.6. The standard InChI is InChI=1S/C14H22N4O.C2H6.H2/c1-10(2)12(17-14-15-7-5-8-16-14)13(19)18-9-4-6-11(18)3;1-2;/h5,7-8,10-12H,4,6,9H2,1-3H3,(H,15,16,17);1-2H3;1H. The van der Waals surface area contributed by atoms with Crippen molar-refractivity contribution in [3.8, 4) is 0 Å². The van der Waals surface area contributed by atoms with E-state index in [1.165, 1.54) is 0 Å². The molecule has 1 amide bonds. The summed E-state index contributed by atoms with van der Waals surface area (Å²) in [6.07, 6.45) is 5.54. The van der Waals surface area contributed by atoms with Gasteiger partial charge < -0.3 is 10.2 Å². The average molecular weight is 294 g/mol. The fourth-order valence-electron chi connectivity index (χ4n) is 2.47. The number of nitrogens with zero attached hydrogens (tertiary/aromatic N) is 3. The Bertz CT molecular complexity index is 427. The normalized spacial score (nSPS) is 19.0. The van der Waals surface area contributed by atoms with E-state index >= 15 is 0 Å². The van der Waals surface area contributed by atoms with Gasteiger partial charge in [0, 0.05) is 26.4 Å². The first-order valence-corrected chi connectivity index (χ1v) is 7.93. The van der Waals surface area contributed by atoms with Gasteiger partial charge in [0.25, 0.3) is 0 Å². The van der Waals surface area contributed by atoms with Gasteiger partial charge in [-0.05, 0) is 31.7 Å². The third-order valence-electron chi connectivity index (χ3n) is 3.62. The predicted octanol–water partition coefficient (Wildman–Crippen LogP) is 3.20. The lowest BCUT2D eigenvalue weighted by Crippen LogP contribution is -2.47. The van der Waals surface area contributed by atoms with Crippen molar-refractivity contribution in [2.24, 2.45) is 5.92 Å². The molecule has 0 aromatic carbocycles. The number of hydrogen-bond acceptors (Lipinski definition) is 4. The van der Waals surface area contributed by atoms with Crippen molar-refractivity contribution in [2.75, 3.05) is 11.9 Å². The summed E-state index contributed by atoms with van der Waals surface area (Å²) in [5.74, 6) is 0.873. The van der Waals surface area contributed by atoms with Crippen LogP contribution in [0.3, 0.4) is 0 Å². The molecule has 5 nitrogen and oxygen atoms in total. The summed E-state index contributed by atoms with van der Waals surface area (Å²) in [7, 11) is 0. The Morgan fingerprint density at radius 1 is 1.38 bits per heavy atom. The van der Waals surface area contributed by atoms with Crippen LogP contribution in [0.1, 0.15) is 48.9 Å². The third-order valence-corrected chi connectivity index (χ3v) is 3.62. The lowest BCUT2D eigenvalue weighted by molar-refractivity contribution is -0.133. The van der Waals surface area contributed by atoms with Gasteiger partial charge in [-0.3, -0.25) is 4.79 Å². The molecule has 21 heavy (non-hydrogen) atoms. The molecule has 5 heteroatoms. The molecule has 2 unspecified atom stereocenters. The zero-order valence-corrected chi connectivity index (χ0v) is 13.8. The van der Waals surface area contributed by atoms with E-state index in [2.05, 4.69) is 22.2 Å². The van der Waals surface area contributed by atoms with Crippen LogP contribution in [0.5, 0.6) is 0 Å². The van der Waals surface area contributed by atoms with Gasteiger partial charge >= 0.3 is 0 Å². The first kappa shape index (κ1) is 17.4. The summed E-state index contributed by atoms with van der Waals surface area (Å²) in [5.41, 5.74) is 0. The van der Waals surface area contributed by atoms with Gasteiger partial charge in [-0.25, -0.2) is 9.97 Å². The number of nitrogens with one attached hydrogen (secondary N) is 1. The number of carbonyl (C=O) groups is 1. The quantitative estimate of drug-likeness (QED) is 0.926. The van der Waals surface area contributed by atoms with Gasteiger partial charge in [0.05, 0.1) is 0 Å². The predicted molar refractivity (Wildman–Crippen MR) is 88.2 cm³/mol. The molecule has 1 aliphatic heterocycles. The van der Waals surface area contributed by atoms with Crippen LogP contribution in [0.15, 0.2) is 18.5 Å². The van der Waals surface area contributed by atoms with Gasteiger partial charge in [0.1, 0.15) is 6.04 Å². The molecule has 2 rings (SSSR count). The molecule has 2 atom stereocenters. The van der Waals surface area contributed by atoms with Gasteiger partial charge in [-0.2, -0.15) is 0 Å². The van der Waals surface area contributed by atoms with E-state index < -0.39 is 0 Å². The molecule has 1 aliphatic rings. The number of likely N-dealkylation sites (tertiary alicyclic amines) is 1. The number of amides is 1. The lowest BCUT2D eigenvalue weighted by Gasteiger charge is -2.29. The average Bonchev–Trinajstić information content (AvgIpc) is 2.93. The summed E-state index contributed by atoms with van der Waals surface area (Å²) < 4.78 is 0. The molecular formula is C16H30N4O. The molecule has 0 spiro atoms. The van der Waals surface area contributed by atoms with Crippen molar-refractivity contribution < 1.29 is 6.22 Å². The van der Waals surface area contributed by atoms with Crippen molar-refractivity contribution >= 4 is 11.9 Å². The van der Waals surface area contributed by atoms with E-state index in [1.54, 1.807) is 18.5 Å². The van der Waals surface area contributed by atoms with Crippen molar-refractivity contribution in [3.05, 3.63) is 18.5 Å². The highest BCUT2D eigenvalue weighted by Crippen LogP contribution is 2.20. The van der Waals surface area contributed by atoms with Crippen LogP contribution in [0, 0.1) is 5.92 Å². The molecular weight excluding hydrogens is 264 g/mol. The maximum atomic E-state index is 12.6. The first-order valence-electron chi connectivity index (χ1n) is 7.93. The summed E-state index contributed by atoms with van der Waals surface area (Å²) >= 11 is 0. The molecule has 1 aromatic rings. The Morgan fingerprint density at radius 2 is 2.00 bits per heavy atom. The van der Waals surface area contributed by atoms with Crippen molar-refractivity contribution in [1.82, 2.24) is 14.9 Å². The fraction of sp³-hybridized carbons (Fsp3) is 0.688. The highest BCUT2D eigenvalue weighted by molar-refractivity contribution is 5.85. The van der Waals surface area contributed by atoms with Crippen molar-refractivity contribution in [2.45, 2.75) is 59.5 Å². The summed E-state index contributed by atoms with van der Waals surface area (Å²) in [6.45, 7) is 11.1. The first-order chi connectivity index (χ1) is 10.1. The van der Waals surface area contributed by atoms with Gasteiger partial charge in [0.2, 0.25) is 11.9 Å². The van der Waals surface area contributed by atoms with E-state index in [9.17, 15) is 4.79 Å². The molecule has 0 radical (unpaired) electrons. The van der Waals surface area contributed by atoms with E-state index in [-0.39, 0.29) is 19.3 Å². The van der Waals surface area contributed by atoms with Crippen LogP contribution in [0.25, 0.3) is 0 Å². The van der Waals surface area contributed by atoms with E-state index in [0.29, 0.717) is 12.0 Å². The third kappa shape index (κ3) is 4.69. The lowest BCUT2D eigenvalue weighted by atomic mass is 10.0. The molecule has 0 bridgehead atoms. The number of hydrogen-bond donors (Lipinski definition) is 1. The molecule has 0 saturated carbocycles. The number of anilines is 1. The van der Waals surface area contributed by atoms with E-state index in [0.717, 1.165) is 19.4 Å². The molecule has 120 valence electrons. The van der Waals surface area contributed by atoms with Crippen molar-refractivity contribution in [3.63, 3.8) is 0 Å². The van der Waals surface area contributed by atoms with Gasteiger partial charge in [-0.15, -0.1) is 0 Å². The Morgan fingerprint density at radius 3 is 2.48 bits per heavy atom. The minimum atomic E-state index is -0.261. The van der Waals surface area contributed by atoms with Crippen LogP contribution >= 0.6 is 0 Å². The minimum Gasteiger partial charge on any atom is -0.342 e. The van der Waals surface area contributed by atoms with Crippen LogP contribution in [0.2, 0.25) is 0 Å². The second-order valence-corrected chi connectivity index (χ2v) is 5.46. The van der Waals surface area contributed by atoms with E-state index in [1.807, 2.05) is 32.6 Å². The largest absolute Gasteiger partial charge is 0.342 e. The maximum Gasteiger partial charge on any atom is 0.245 e. The Kier molecular flexibility index (Phi) is 7.12. The van der Waals surface area contributed by atoms with Gasteiger partial charge in [-0.1, -0.05) is 27.7 Å². The highest BCUT2D eigenvalue weighted by Gasteiger charge is 2.32. The zero-order valence-electron chi connectivity index (χ0n) is 13.8. The molecule has 0 aliphatic carbocycles. The summed E-state index contributed by atoms with van der Waals surface area (Å²) in [5, 5.41) is 3.16.